The number of hydrogen-bond donors (Lipinski definition) is 2. The fourth-order valence-electron chi connectivity index (χ4n) is 2.49. The molecule has 8 heteroatoms. The molecule has 0 bridgehead atoms. The minimum Gasteiger partial charge on any atom is -0.505 e. The van der Waals surface area contributed by atoms with Crippen LogP contribution in [0.25, 0.3) is 16.6 Å². The van der Waals surface area contributed by atoms with Gasteiger partial charge in [-0.25, -0.2) is 9.78 Å². The van der Waals surface area contributed by atoms with E-state index < -0.39 is 17.3 Å². The summed E-state index contributed by atoms with van der Waals surface area (Å²) in [6.45, 7) is 1.61. The van der Waals surface area contributed by atoms with Gasteiger partial charge in [0.2, 0.25) is 0 Å². The Morgan fingerprint density at radius 3 is 2.62 bits per heavy atom. The Bertz CT molecular complexity index is 1060. The number of halogens is 2. The fourth-order valence-corrected chi connectivity index (χ4v) is 3.80. The van der Waals surface area contributed by atoms with Crippen LogP contribution in [0.2, 0.25) is 0 Å². The van der Waals surface area contributed by atoms with E-state index in [4.69, 9.17) is 5.11 Å². The summed E-state index contributed by atoms with van der Waals surface area (Å²) in [7, 11) is 0. The van der Waals surface area contributed by atoms with Gasteiger partial charge in [-0.2, -0.15) is 0 Å². The largest absolute Gasteiger partial charge is 0.505 e. The summed E-state index contributed by atoms with van der Waals surface area (Å²) in [5, 5.41) is 19.7. The predicted molar refractivity (Wildman–Crippen MR) is 96.1 cm³/mol. The number of carbonyl (C=O) groups is 1. The van der Waals surface area contributed by atoms with Gasteiger partial charge in [0.1, 0.15) is 11.4 Å². The van der Waals surface area contributed by atoms with Crippen LogP contribution in [0.4, 0.5) is 0 Å². The molecule has 2 N–H and O–H groups in total. The molecule has 0 saturated carbocycles. The number of para-hydroxylation sites is 1. The lowest BCUT2D eigenvalue weighted by Gasteiger charge is -2.14. The van der Waals surface area contributed by atoms with Crippen LogP contribution in [0.3, 0.4) is 0 Å². The van der Waals surface area contributed by atoms with Crippen molar-refractivity contribution in [2.75, 3.05) is 0 Å². The highest BCUT2D eigenvalue weighted by Crippen LogP contribution is 2.29. The summed E-state index contributed by atoms with van der Waals surface area (Å²) in [6, 6.07) is 7.61. The fraction of sp³-hybridized carbons (Fsp3) is 0.0625. The minimum absolute atomic E-state index is 0.0721. The van der Waals surface area contributed by atoms with Crippen molar-refractivity contribution in [1.82, 2.24) is 9.55 Å². The Hall–Kier alpha value is -2.19. The van der Waals surface area contributed by atoms with Gasteiger partial charge in [0.05, 0.1) is 16.6 Å². The second-order valence-corrected chi connectivity index (χ2v) is 6.83. The molecule has 0 radical (unpaired) electrons. The highest BCUT2D eigenvalue weighted by atomic mass is 79.9. The number of rotatable bonds is 2. The molecule has 1 heterocycles. The van der Waals surface area contributed by atoms with Crippen LogP contribution in [-0.2, 0) is 0 Å². The topological polar surface area (TPSA) is 92.4 Å². The zero-order chi connectivity index (χ0) is 17.6. The van der Waals surface area contributed by atoms with Crippen LogP contribution in [-0.4, -0.2) is 25.7 Å². The standard InChI is InChI=1S/C16H10Br2N2O4/c1-7-19-13-10(5-8(17)6-11(13)18)15(22)20(7)12-4-2-3-9(14(12)21)16(23)24/h2-6,21H,1H3,(H,23,24). The Morgan fingerprint density at radius 1 is 1.25 bits per heavy atom. The van der Waals surface area contributed by atoms with E-state index in [1.54, 1.807) is 19.1 Å². The molecule has 0 fully saturated rings. The third-order valence-electron chi connectivity index (χ3n) is 3.54. The summed E-state index contributed by atoms with van der Waals surface area (Å²) in [5.74, 6) is -1.43. The van der Waals surface area contributed by atoms with Gasteiger partial charge >= 0.3 is 5.97 Å². The molecule has 0 saturated heterocycles. The van der Waals surface area contributed by atoms with Gasteiger partial charge in [0, 0.05) is 8.95 Å². The first-order valence-corrected chi connectivity index (χ1v) is 8.34. The van der Waals surface area contributed by atoms with Crippen LogP contribution in [0, 0.1) is 6.92 Å². The number of hydrogen-bond acceptors (Lipinski definition) is 4. The summed E-state index contributed by atoms with van der Waals surface area (Å²) >= 11 is 6.70. The van der Waals surface area contributed by atoms with Gasteiger partial charge < -0.3 is 10.2 Å². The average molecular weight is 454 g/mol. The number of fused-ring (bicyclic) bond motifs is 1. The molecule has 3 rings (SSSR count). The number of aromatic carboxylic acids is 1. The van der Waals surface area contributed by atoms with Gasteiger partial charge in [0.15, 0.2) is 5.75 Å². The van der Waals surface area contributed by atoms with Gasteiger partial charge in [-0.3, -0.25) is 9.36 Å². The zero-order valence-corrected chi connectivity index (χ0v) is 15.4. The second-order valence-electron chi connectivity index (χ2n) is 5.06. The third-order valence-corrected chi connectivity index (χ3v) is 4.61. The Balaban J connectivity index is 2.42. The van der Waals surface area contributed by atoms with E-state index in [1.807, 2.05) is 0 Å². The molecule has 3 aromatic rings. The molecular weight excluding hydrogens is 444 g/mol. The summed E-state index contributed by atoms with van der Waals surface area (Å²) in [5.41, 5.74) is -0.125. The highest BCUT2D eigenvalue weighted by Gasteiger charge is 2.19. The normalized spacial score (nSPS) is 11.0. The number of aromatic hydroxyl groups is 1. The van der Waals surface area contributed by atoms with E-state index in [0.29, 0.717) is 25.7 Å². The second kappa shape index (κ2) is 6.03. The lowest BCUT2D eigenvalue weighted by molar-refractivity contribution is 0.0693. The smallest absolute Gasteiger partial charge is 0.339 e. The molecule has 2 aromatic carbocycles. The molecule has 24 heavy (non-hydrogen) atoms. The van der Waals surface area contributed by atoms with Crippen LogP contribution in [0.5, 0.6) is 5.75 Å². The van der Waals surface area contributed by atoms with Gasteiger partial charge in [-0.1, -0.05) is 22.0 Å². The van der Waals surface area contributed by atoms with Crippen molar-refractivity contribution < 1.29 is 15.0 Å². The summed E-state index contributed by atoms with van der Waals surface area (Å²) in [4.78, 5) is 28.5. The summed E-state index contributed by atoms with van der Waals surface area (Å²) < 4.78 is 2.55. The minimum atomic E-state index is -1.28. The molecule has 0 aliphatic rings. The maximum Gasteiger partial charge on any atom is 0.339 e. The maximum atomic E-state index is 12.9. The zero-order valence-electron chi connectivity index (χ0n) is 12.2. The lowest BCUT2D eigenvalue weighted by atomic mass is 10.1. The number of benzene rings is 2. The van der Waals surface area contributed by atoms with E-state index in [9.17, 15) is 14.7 Å². The van der Waals surface area contributed by atoms with Crippen LogP contribution in [0.1, 0.15) is 16.2 Å². The van der Waals surface area contributed by atoms with Crippen LogP contribution < -0.4 is 5.56 Å². The average Bonchev–Trinajstić information content (AvgIpc) is 2.50. The molecule has 122 valence electrons. The number of aryl methyl sites for hydroxylation is 1. The molecule has 0 atom stereocenters. The van der Waals surface area contributed by atoms with Crippen molar-refractivity contribution in [2.45, 2.75) is 6.92 Å². The quantitative estimate of drug-likeness (QED) is 0.618. The van der Waals surface area contributed by atoms with Crippen molar-refractivity contribution in [2.24, 2.45) is 0 Å². The molecule has 0 aliphatic heterocycles. The van der Waals surface area contributed by atoms with Gasteiger partial charge in [-0.15, -0.1) is 0 Å². The Kier molecular flexibility index (Phi) is 4.18. The number of phenols is 1. The van der Waals surface area contributed by atoms with E-state index in [1.165, 1.54) is 22.8 Å². The predicted octanol–water partition coefficient (Wildman–Crippen LogP) is 3.62. The molecule has 1 aromatic heterocycles. The molecule has 6 nitrogen and oxygen atoms in total. The Labute approximate surface area is 152 Å². The summed E-state index contributed by atoms with van der Waals surface area (Å²) in [6.07, 6.45) is 0. The first-order valence-electron chi connectivity index (χ1n) is 6.75. The van der Waals surface area contributed by atoms with Crippen molar-refractivity contribution in [3.8, 4) is 11.4 Å². The van der Waals surface area contributed by atoms with E-state index in [-0.39, 0.29) is 11.3 Å². The van der Waals surface area contributed by atoms with Gasteiger partial charge in [-0.05, 0) is 47.1 Å². The number of aromatic nitrogens is 2. The first kappa shape index (κ1) is 16.7. The van der Waals surface area contributed by atoms with Crippen molar-refractivity contribution in [3.63, 3.8) is 0 Å². The van der Waals surface area contributed by atoms with E-state index in [2.05, 4.69) is 36.8 Å². The molecule has 0 spiro atoms. The molecular formula is C16H10Br2N2O4. The first-order chi connectivity index (χ1) is 11.3. The van der Waals surface area contributed by atoms with Gasteiger partial charge in [0.25, 0.3) is 5.56 Å². The van der Waals surface area contributed by atoms with Crippen molar-refractivity contribution in [3.05, 3.63) is 61.0 Å². The molecule has 0 amide bonds. The third kappa shape index (κ3) is 2.61. The van der Waals surface area contributed by atoms with Crippen LogP contribution in [0.15, 0.2) is 44.1 Å². The van der Waals surface area contributed by atoms with Crippen LogP contribution >= 0.6 is 31.9 Å². The lowest BCUT2D eigenvalue weighted by Crippen LogP contribution is -2.23. The highest BCUT2D eigenvalue weighted by molar-refractivity contribution is 9.11. The van der Waals surface area contributed by atoms with Crippen molar-refractivity contribution >= 4 is 48.7 Å². The molecule has 0 aliphatic carbocycles. The molecule has 0 unspecified atom stereocenters. The SMILES string of the molecule is Cc1nc2c(Br)cc(Br)cc2c(=O)n1-c1cccc(C(=O)O)c1O. The number of nitrogens with zero attached hydrogens (tertiary/aromatic N) is 2. The Morgan fingerprint density at radius 2 is 1.96 bits per heavy atom. The number of carboxylic acids is 1. The monoisotopic (exact) mass is 452 g/mol. The van der Waals surface area contributed by atoms with E-state index in [0.717, 1.165) is 0 Å². The maximum absolute atomic E-state index is 12.9. The van der Waals surface area contributed by atoms with Crippen molar-refractivity contribution in [1.29, 1.82) is 0 Å². The number of carboxylic acid groups (broad SMARTS) is 1. The van der Waals surface area contributed by atoms with E-state index >= 15 is 0 Å².